The molecule has 3 saturated carbocycles. The summed E-state index contributed by atoms with van der Waals surface area (Å²) in [5, 5.41) is 21.5. The first-order valence-electron chi connectivity index (χ1n) is 14.0. The normalized spacial score (nSPS) is 40.4. The largest absolute Gasteiger partial charge is 1.00 e. The first kappa shape index (κ1) is 28.6. The van der Waals surface area contributed by atoms with E-state index in [1.807, 2.05) is 6.92 Å². The van der Waals surface area contributed by atoms with Crippen LogP contribution in [0.25, 0.3) is 0 Å². The molecule has 5 aliphatic carbocycles. The number of carboxylic acid groups (broad SMARTS) is 2. The van der Waals surface area contributed by atoms with Crippen molar-refractivity contribution >= 4 is 29.4 Å². The van der Waals surface area contributed by atoms with Gasteiger partial charge in [0, 0.05) is 5.41 Å². The number of amides is 2. The molecule has 1 aromatic carbocycles. The summed E-state index contributed by atoms with van der Waals surface area (Å²) in [6, 6.07) is 5.79. The van der Waals surface area contributed by atoms with Crippen molar-refractivity contribution in [3.05, 3.63) is 41.5 Å². The van der Waals surface area contributed by atoms with Crippen molar-refractivity contribution in [3.8, 4) is 0 Å². The third kappa shape index (κ3) is 3.64. The van der Waals surface area contributed by atoms with E-state index in [4.69, 9.17) is 0 Å². The first-order chi connectivity index (χ1) is 17.9. The molecule has 1 spiro atoms. The number of fused-ring (bicyclic) bond motifs is 1. The zero-order valence-corrected chi connectivity index (χ0v) is 25.5. The third-order valence-corrected chi connectivity index (χ3v) is 11.5. The number of allylic oxidation sites excluding steroid dienone is 2. The van der Waals surface area contributed by atoms with E-state index in [-0.39, 0.29) is 76.0 Å². The van der Waals surface area contributed by atoms with Crippen LogP contribution in [0.3, 0.4) is 0 Å². The Morgan fingerprint density at radius 3 is 2.28 bits per heavy atom. The second kappa shape index (κ2) is 9.28. The molecule has 1 heterocycles. The number of hydrogen-bond acceptors (Lipinski definition) is 5. The molecule has 0 radical (unpaired) electrons. The molecule has 1 aromatic rings. The minimum atomic E-state index is -1.30. The van der Waals surface area contributed by atoms with E-state index < -0.39 is 34.6 Å². The Bertz CT molecular complexity index is 1290. The van der Waals surface area contributed by atoms with Gasteiger partial charge in [0.15, 0.2) is 0 Å². The van der Waals surface area contributed by atoms with Crippen molar-refractivity contribution in [2.75, 3.05) is 4.90 Å². The van der Waals surface area contributed by atoms with Gasteiger partial charge in [0.1, 0.15) is 0 Å². The molecule has 2 amide bonds. The third-order valence-electron chi connectivity index (χ3n) is 11.5. The Morgan fingerprint density at radius 1 is 1.03 bits per heavy atom. The van der Waals surface area contributed by atoms with Crippen LogP contribution in [0.5, 0.6) is 0 Å². The van der Waals surface area contributed by atoms with Gasteiger partial charge in [0.2, 0.25) is 11.8 Å². The van der Waals surface area contributed by atoms with E-state index in [0.717, 1.165) is 25.7 Å². The second-order valence-corrected chi connectivity index (χ2v) is 13.3. The topological polar surface area (TPSA) is 115 Å². The van der Waals surface area contributed by atoms with E-state index in [0.29, 0.717) is 18.5 Å². The quantitative estimate of drug-likeness (QED) is 0.347. The van der Waals surface area contributed by atoms with Gasteiger partial charge in [0.05, 0.1) is 28.9 Å². The van der Waals surface area contributed by atoms with E-state index in [1.54, 1.807) is 0 Å². The Morgan fingerprint density at radius 2 is 1.69 bits per heavy atom. The minimum absolute atomic E-state index is 0. The number of benzene rings is 1. The molecule has 0 aromatic heterocycles. The predicted octanol–water partition coefficient (Wildman–Crippen LogP) is 1.07. The monoisotopic (exact) mass is 541 g/mol. The molecule has 39 heavy (non-hydrogen) atoms. The summed E-state index contributed by atoms with van der Waals surface area (Å²) in [7, 11) is 0. The van der Waals surface area contributed by atoms with Crippen molar-refractivity contribution in [2.24, 2.45) is 51.8 Å². The van der Waals surface area contributed by atoms with Gasteiger partial charge >= 0.3 is 35.5 Å². The Labute approximate surface area is 251 Å². The summed E-state index contributed by atoms with van der Waals surface area (Å²) < 4.78 is 0. The Balaban J connectivity index is 0.00000308. The van der Waals surface area contributed by atoms with Crippen LogP contribution >= 0.6 is 0 Å². The van der Waals surface area contributed by atoms with Crippen molar-refractivity contribution in [1.29, 1.82) is 0 Å². The summed E-state index contributed by atoms with van der Waals surface area (Å²) in [4.78, 5) is 53.3. The number of hydrogen-bond donors (Lipinski definition) is 1. The van der Waals surface area contributed by atoms with Gasteiger partial charge < -0.3 is 15.0 Å². The van der Waals surface area contributed by atoms with E-state index in [2.05, 4.69) is 26.8 Å². The van der Waals surface area contributed by atoms with Crippen LogP contribution in [0, 0.1) is 51.8 Å². The van der Waals surface area contributed by atoms with Gasteiger partial charge in [-0.25, -0.2) is 0 Å². The van der Waals surface area contributed by atoms with Crippen LogP contribution in [0.15, 0.2) is 35.9 Å². The average Bonchev–Trinajstić information content (AvgIpc) is 3.15. The van der Waals surface area contributed by atoms with E-state index in [9.17, 15) is 29.4 Å². The number of carboxylic acids is 2. The molecule has 7 rings (SSSR count). The van der Waals surface area contributed by atoms with Gasteiger partial charge in [-0.3, -0.25) is 19.3 Å². The van der Waals surface area contributed by atoms with Gasteiger partial charge in [-0.1, -0.05) is 51.0 Å². The molecule has 1 saturated heterocycles. The zero-order chi connectivity index (χ0) is 27.4. The number of rotatable bonds is 4. The van der Waals surface area contributed by atoms with Crippen LogP contribution in [0.4, 0.5) is 5.69 Å². The molecule has 8 unspecified atom stereocenters. The summed E-state index contributed by atoms with van der Waals surface area (Å²) in [6.45, 7) is 8.48. The fourth-order valence-corrected chi connectivity index (χ4v) is 9.96. The van der Waals surface area contributed by atoms with Gasteiger partial charge in [-0.05, 0) is 85.8 Å². The summed E-state index contributed by atoms with van der Waals surface area (Å²) >= 11 is 0. The number of carbonyl (C=O) groups is 4. The first-order valence-corrected chi connectivity index (χ1v) is 14.0. The zero-order valence-electron chi connectivity index (χ0n) is 23.5. The van der Waals surface area contributed by atoms with Crippen molar-refractivity contribution in [2.45, 2.75) is 66.2 Å². The predicted molar refractivity (Wildman–Crippen MR) is 138 cm³/mol. The molecule has 8 heteroatoms. The molecule has 4 fully saturated rings. The standard InChI is InChI=1S/C31H37NO6.Na/c1-16(2)20-15-31-13-10-21-29(3,11-5-12-30(21,4)28(37)38)22(31)14-19(20)23-24(31)26(34)32(25(23)33)18-8-6-17(7-9-18)27(35)36;/h6-9,15-16,19,21-24H,5,10-14H2,1-4H3,(H,35,36)(H,37,38);/q;+1/p-1. The maximum atomic E-state index is 14.2. The second-order valence-electron chi connectivity index (χ2n) is 13.3. The molecule has 8 atom stereocenters. The molecular weight excluding hydrogens is 505 g/mol. The molecule has 6 aliphatic rings. The molecule has 2 bridgehead atoms. The molecule has 1 aliphatic heterocycles. The molecule has 202 valence electrons. The number of aromatic carboxylic acids is 1. The Kier molecular flexibility index (Phi) is 6.80. The van der Waals surface area contributed by atoms with Crippen LogP contribution < -0.4 is 39.6 Å². The SMILES string of the molecule is CC(C)C1=CC23CCC4C(C)(C(=O)O)CCCC4(C)C2CC1C1C(=O)N(c2ccc(C(=O)[O-])cc2)C(=O)C13.[Na+]. The Hall–Kier alpha value is -1.96. The molecular formula is C31H36NNaO6. The number of aliphatic carboxylic acids is 1. The maximum absolute atomic E-state index is 14.2. The van der Waals surface area contributed by atoms with Crippen molar-refractivity contribution in [1.82, 2.24) is 0 Å². The summed E-state index contributed by atoms with van der Waals surface area (Å²) in [5.74, 6) is -2.96. The van der Waals surface area contributed by atoms with Gasteiger partial charge in [-0.15, -0.1) is 0 Å². The van der Waals surface area contributed by atoms with Crippen molar-refractivity contribution in [3.63, 3.8) is 0 Å². The summed E-state index contributed by atoms with van der Waals surface area (Å²) in [5.41, 5.74) is 0.173. The maximum Gasteiger partial charge on any atom is 1.00 e. The van der Waals surface area contributed by atoms with Gasteiger partial charge in [-0.2, -0.15) is 0 Å². The van der Waals surface area contributed by atoms with Crippen LogP contribution in [-0.2, 0) is 14.4 Å². The van der Waals surface area contributed by atoms with Crippen LogP contribution in [0.1, 0.15) is 76.6 Å². The van der Waals surface area contributed by atoms with Crippen LogP contribution in [0.2, 0.25) is 0 Å². The summed E-state index contributed by atoms with van der Waals surface area (Å²) in [6.07, 6.45) is 7.08. The number of anilines is 1. The number of carbonyl (C=O) groups excluding carboxylic acids is 3. The average molecular weight is 542 g/mol. The fraction of sp³-hybridized carbons (Fsp3) is 0.613. The van der Waals surface area contributed by atoms with Crippen LogP contribution in [-0.4, -0.2) is 28.9 Å². The number of nitrogens with zero attached hydrogens (tertiary/aromatic N) is 1. The fourth-order valence-electron chi connectivity index (χ4n) is 9.96. The molecule has 7 nitrogen and oxygen atoms in total. The number of imide groups is 1. The van der Waals surface area contributed by atoms with Crippen molar-refractivity contribution < 1.29 is 58.9 Å². The van der Waals surface area contributed by atoms with Gasteiger partial charge in [0.25, 0.3) is 0 Å². The van der Waals surface area contributed by atoms with E-state index in [1.165, 1.54) is 34.7 Å². The molecule has 1 N–H and O–H groups in total. The van der Waals surface area contributed by atoms with E-state index >= 15 is 0 Å². The minimum Gasteiger partial charge on any atom is -0.545 e. The smallest absolute Gasteiger partial charge is 0.545 e.